The summed E-state index contributed by atoms with van der Waals surface area (Å²) < 4.78 is 91.6. The molecule has 0 bridgehead atoms. The van der Waals surface area contributed by atoms with Crippen molar-refractivity contribution in [3.8, 4) is 0 Å². The highest BCUT2D eigenvalue weighted by molar-refractivity contribution is 6.31. The third kappa shape index (κ3) is 7.39. The molecule has 0 N–H and O–H groups in total. The first-order valence-corrected chi connectivity index (χ1v) is 13.3. The van der Waals surface area contributed by atoms with Gasteiger partial charge < -0.3 is 0 Å². The van der Waals surface area contributed by atoms with Gasteiger partial charge >= 0.3 is 18.0 Å². The Morgan fingerprint density at radius 3 is 1.31 bits per heavy atom. The average molecular weight is 599 g/mol. The van der Waals surface area contributed by atoms with Crippen LogP contribution in [-0.2, 0) is 9.59 Å². The number of rotatable bonds is 12. The number of hydrogen-bond acceptors (Lipinski definition) is 2. The molecular formula is C27H30Cl2F6N2O2. The number of carbonyl (C=O) groups is 2. The standard InChI is InChI=1S/C27H30Cl2F6N2O2/c1-3-5-7-15-23(38)36(21-13-9-11-19(28)17-21)25(26(30,31)32,27(33,34)35)37(24(39)16-8-6-4-2)22-14-10-12-20(29)18-22/h9-14,17-18H,3-8,15-16H2,1-2H3. The van der Waals surface area contributed by atoms with Gasteiger partial charge in [-0.25, -0.2) is 0 Å². The zero-order chi connectivity index (χ0) is 29.4. The van der Waals surface area contributed by atoms with E-state index in [1.165, 1.54) is 12.1 Å². The SMILES string of the molecule is CCCCCC(=O)N(c1cccc(Cl)c1)C(N(C(=O)CCCCC)c1cccc(Cl)c1)(C(F)(F)F)C(F)(F)F. The first-order valence-electron chi connectivity index (χ1n) is 12.5. The van der Waals surface area contributed by atoms with Crippen LogP contribution in [0.1, 0.15) is 65.2 Å². The number of amides is 2. The summed E-state index contributed by atoms with van der Waals surface area (Å²) >= 11 is 11.9. The van der Waals surface area contributed by atoms with Crippen LogP contribution in [0.2, 0.25) is 10.0 Å². The first-order chi connectivity index (χ1) is 18.2. The van der Waals surface area contributed by atoms with Gasteiger partial charge in [-0.05, 0) is 49.2 Å². The molecule has 2 rings (SSSR count). The van der Waals surface area contributed by atoms with Gasteiger partial charge in [-0.3, -0.25) is 19.4 Å². The highest BCUT2D eigenvalue weighted by Gasteiger charge is 2.80. The van der Waals surface area contributed by atoms with E-state index in [0.717, 1.165) is 36.4 Å². The lowest BCUT2D eigenvalue weighted by molar-refractivity contribution is -0.295. The van der Waals surface area contributed by atoms with Gasteiger partial charge in [0, 0.05) is 34.3 Å². The van der Waals surface area contributed by atoms with Gasteiger partial charge in [0.1, 0.15) is 0 Å². The number of anilines is 2. The molecule has 12 heteroatoms. The molecule has 2 aromatic rings. The van der Waals surface area contributed by atoms with Crippen molar-refractivity contribution in [1.29, 1.82) is 0 Å². The van der Waals surface area contributed by atoms with Gasteiger partial charge in [0.15, 0.2) is 0 Å². The fraction of sp³-hybridized carbons (Fsp3) is 0.481. The van der Waals surface area contributed by atoms with E-state index in [4.69, 9.17) is 23.2 Å². The number of carbonyl (C=O) groups excluding carboxylic acids is 2. The Labute approximate surface area is 233 Å². The molecule has 0 heterocycles. The molecule has 0 aliphatic heterocycles. The van der Waals surface area contributed by atoms with Crippen molar-refractivity contribution in [2.45, 2.75) is 83.2 Å². The van der Waals surface area contributed by atoms with Crippen molar-refractivity contribution in [3.63, 3.8) is 0 Å². The minimum atomic E-state index is -6.21. The maximum Gasteiger partial charge on any atom is 0.441 e. The summed E-state index contributed by atoms with van der Waals surface area (Å²) in [5.41, 5.74) is -6.62. The van der Waals surface area contributed by atoms with Crippen LogP contribution in [0.4, 0.5) is 37.7 Å². The monoisotopic (exact) mass is 598 g/mol. The lowest BCUT2D eigenvalue weighted by atomic mass is 9.98. The molecular weight excluding hydrogens is 569 g/mol. The fourth-order valence-corrected chi connectivity index (χ4v) is 4.67. The molecule has 2 aromatic carbocycles. The molecule has 4 nitrogen and oxygen atoms in total. The third-order valence-electron chi connectivity index (χ3n) is 6.06. The fourth-order valence-electron chi connectivity index (χ4n) is 4.30. The van der Waals surface area contributed by atoms with E-state index in [9.17, 15) is 9.59 Å². The van der Waals surface area contributed by atoms with Crippen LogP contribution in [0.25, 0.3) is 0 Å². The minimum Gasteiger partial charge on any atom is -0.274 e. The van der Waals surface area contributed by atoms with Crippen molar-refractivity contribution < 1.29 is 35.9 Å². The molecule has 0 unspecified atom stereocenters. The summed E-state index contributed by atoms with van der Waals surface area (Å²) in [7, 11) is 0. The number of benzene rings is 2. The van der Waals surface area contributed by atoms with Crippen LogP contribution >= 0.6 is 23.2 Å². The zero-order valence-electron chi connectivity index (χ0n) is 21.5. The first kappa shape index (κ1) is 32.8. The summed E-state index contributed by atoms with van der Waals surface area (Å²) in [6.45, 7) is 3.54. The van der Waals surface area contributed by atoms with Gasteiger partial charge in [0.25, 0.3) is 0 Å². The summed E-state index contributed by atoms with van der Waals surface area (Å²) in [6, 6.07) is 8.28. The van der Waals surface area contributed by atoms with E-state index in [2.05, 4.69) is 0 Å². The molecule has 2 amide bonds. The van der Waals surface area contributed by atoms with E-state index in [-0.39, 0.29) is 32.7 Å². The Kier molecular flexibility index (Phi) is 11.5. The van der Waals surface area contributed by atoms with Crippen LogP contribution in [0.5, 0.6) is 0 Å². The summed E-state index contributed by atoms with van der Waals surface area (Å²) in [4.78, 5) is 26.2. The van der Waals surface area contributed by atoms with Crippen LogP contribution in [-0.4, -0.2) is 29.8 Å². The van der Waals surface area contributed by atoms with E-state index in [0.29, 0.717) is 25.7 Å². The lowest BCUT2D eigenvalue weighted by Gasteiger charge is -2.51. The van der Waals surface area contributed by atoms with Crippen molar-refractivity contribution in [2.24, 2.45) is 0 Å². The van der Waals surface area contributed by atoms with Gasteiger partial charge in [-0.15, -0.1) is 0 Å². The summed E-state index contributed by atoms with van der Waals surface area (Å²) in [6.07, 6.45) is -11.7. The molecule has 0 spiro atoms. The van der Waals surface area contributed by atoms with E-state index in [1.807, 2.05) is 0 Å². The molecule has 0 aromatic heterocycles. The Balaban J connectivity index is 3.03. The Hall–Kier alpha value is -2.46. The second-order valence-electron chi connectivity index (χ2n) is 9.00. The van der Waals surface area contributed by atoms with Gasteiger partial charge in [0.2, 0.25) is 11.8 Å². The second kappa shape index (κ2) is 13.7. The molecule has 0 aliphatic carbocycles. The predicted octanol–water partition coefficient (Wildman–Crippen LogP) is 9.34. The quantitative estimate of drug-likeness (QED) is 0.139. The van der Waals surface area contributed by atoms with Crippen LogP contribution in [0, 0.1) is 0 Å². The highest BCUT2D eigenvalue weighted by atomic mass is 35.5. The van der Waals surface area contributed by atoms with Crippen molar-refractivity contribution in [2.75, 3.05) is 9.80 Å². The summed E-state index contributed by atoms with van der Waals surface area (Å²) in [5.74, 6) is -2.93. The topological polar surface area (TPSA) is 40.6 Å². The average Bonchev–Trinajstić information content (AvgIpc) is 2.82. The van der Waals surface area contributed by atoms with E-state index >= 15 is 26.3 Å². The highest BCUT2D eigenvalue weighted by Crippen LogP contribution is 2.53. The van der Waals surface area contributed by atoms with Crippen molar-refractivity contribution in [3.05, 3.63) is 58.6 Å². The van der Waals surface area contributed by atoms with Crippen LogP contribution in [0.3, 0.4) is 0 Å². The maximum absolute atomic E-state index is 15.3. The normalized spacial score (nSPS) is 12.4. The number of halogens is 8. The number of unbranched alkanes of at least 4 members (excludes halogenated alkanes) is 4. The molecule has 0 radical (unpaired) electrons. The molecule has 0 saturated carbocycles. The molecule has 0 aliphatic rings. The van der Waals surface area contributed by atoms with E-state index < -0.39 is 54.0 Å². The second-order valence-corrected chi connectivity index (χ2v) is 9.87. The Morgan fingerprint density at radius 1 is 0.667 bits per heavy atom. The van der Waals surface area contributed by atoms with Gasteiger partial charge in [0.05, 0.1) is 0 Å². The largest absolute Gasteiger partial charge is 0.441 e. The van der Waals surface area contributed by atoms with Crippen LogP contribution in [0.15, 0.2) is 48.5 Å². The zero-order valence-corrected chi connectivity index (χ0v) is 23.0. The van der Waals surface area contributed by atoms with Crippen molar-refractivity contribution in [1.82, 2.24) is 0 Å². The predicted molar refractivity (Wildman–Crippen MR) is 141 cm³/mol. The maximum atomic E-state index is 15.3. The molecule has 216 valence electrons. The molecule has 0 atom stereocenters. The van der Waals surface area contributed by atoms with Crippen LogP contribution < -0.4 is 9.80 Å². The smallest absolute Gasteiger partial charge is 0.274 e. The van der Waals surface area contributed by atoms with E-state index in [1.54, 1.807) is 13.8 Å². The number of nitrogens with zero attached hydrogens (tertiary/aromatic N) is 2. The van der Waals surface area contributed by atoms with Gasteiger partial charge in [-0.1, -0.05) is 74.9 Å². The van der Waals surface area contributed by atoms with Gasteiger partial charge in [-0.2, -0.15) is 26.3 Å². The lowest BCUT2D eigenvalue weighted by Crippen LogP contribution is -2.79. The number of hydrogen-bond donors (Lipinski definition) is 0. The summed E-state index contributed by atoms with van der Waals surface area (Å²) in [5, 5.41) is -0.388. The molecule has 0 saturated heterocycles. The Bertz CT molecular complexity index is 1040. The molecule has 39 heavy (non-hydrogen) atoms. The minimum absolute atomic E-state index is 0.0415. The number of alkyl halides is 6. The van der Waals surface area contributed by atoms with Crippen molar-refractivity contribution >= 4 is 46.4 Å². The Morgan fingerprint density at radius 2 is 1.03 bits per heavy atom. The third-order valence-corrected chi connectivity index (χ3v) is 6.53. The molecule has 0 fully saturated rings.